The molecule has 31 heavy (non-hydrogen) atoms. The summed E-state index contributed by atoms with van der Waals surface area (Å²) >= 11 is 1.53. The molecule has 3 rings (SSSR count). The lowest BCUT2D eigenvalue weighted by Crippen LogP contribution is -2.27. The van der Waals surface area contributed by atoms with Crippen LogP contribution < -0.4 is 14.8 Å². The number of amides is 1. The molecule has 0 saturated heterocycles. The fourth-order valence-corrected chi connectivity index (χ4v) is 3.51. The number of thioether (sulfide) groups is 1. The van der Waals surface area contributed by atoms with E-state index < -0.39 is 40.0 Å². The van der Waals surface area contributed by atoms with Gasteiger partial charge in [0.1, 0.15) is 11.5 Å². The third-order valence-corrected chi connectivity index (χ3v) is 5.03. The van der Waals surface area contributed by atoms with E-state index in [0.29, 0.717) is 18.1 Å². The average Bonchev–Trinajstić information content (AvgIpc) is 3.10. The Morgan fingerprint density at radius 1 is 1.13 bits per heavy atom. The monoisotopic (exact) mass is 449 g/mol. The average molecular weight is 449 g/mol. The van der Waals surface area contributed by atoms with Gasteiger partial charge in [0.25, 0.3) is 5.91 Å². The van der Waals surface area contributed by atoms with Crippen molar-refractivity contribution in [2.24, 2.45) is 0 Å². The van der Waals surface area contributed by atoms with Crippen LogP contribution in [-0.2, 0) is 21.9 Å². The van der Waals surface area contributed by atoms with Gasteiger partial charge >= 0.3 is 17.6 Å². The summed E-state index contributed by atoms with van der Waals surface area (Å²) in [6.45, 7) is 0.961. The lowest BCUT2D eigenvalue weighted by molar-refractivity contribution is -0.386. The molecule has 0 fully saturated rings. The van der Waals surface area contributed by atoms with Gasteiger partial charge in [0.2, 0.25) is 11.5 Å². The van der Waals surface area contributed by atoms with Crippen LogP contribution in [0.25, 0.3) is 0 Å². The van der Waals surface area contributed by atoms with E-state index in [4.69, 9.17) is 9.15 Å². The van der Waals surface area contributed by atoms with Gasteiger partial charge < -0.3 is 24.1 Å². The number of nitro benzene ring substituents is 1. The number of fused-ring (bicyclic) bond motifs is 2. The van der Waals surface area contributed by atoms with Crippen LogP contribution in [0.15, 0.2) is 28.7 Å². The largest absolute Gasteiger partial charge is 0.464 e. The molecule has 0 aliphatic carbocycles. The van der Waals surface area contributed by atoms with Crippen molar-refractivity contribution in [1.82, 2.24) is 10.2 Å². The van der Waals surface area contributed by atoms with Crippen molar-refractivity contribution in [3.05, 3.63) is 51.5 Å². The topological polar surface area (TPSA) is 141 Å². The van der Waals surface area contributed by atoms with E-state index in [2.05, 4.69) is 10.1 Å². The van der Waals surface area contributed by atoms with E-state index in [1.54, 1.807) is 0 Å². The van der Waals surface area contributed by atoms with E-state index in [1.165, 1.54) is 17.8 Å². The number of carbonyl (C=O) groups is 3. The lowest BCUT2D eigenvalue weighted by Gasteiger charge is -2.09. The molecule has 1 amide bonds. The van der Waals surface area contributed by atoms with Crippen LogP contribution >= 0.6 is 11.8 Å². The van der Waals surface area contributed by atoms with Gasteiger partial charge in [0.15, 0.2) is 0 Å². The van der Waals surface area contributed by atoms with Gasteiger partial charge in [-0.25, -0.2) is 9.59 Å². The summed E-state index contributed by atoms with van der Waals surface area (Å²) in [7, 11) is 3.90. The summed E-state index contributed by atoms with van der Waals surface area (Å²) in [5.74, 6) is -1.77. The quantitative estimate of drug-likeness (QED) is 0.150. The van der Waals surface area contributed by atoms with E-state index >= 15 is 0 Å². The zero-order chi connectivity index (χ0) is 22.5. The second-order valence-corrected chi connectivity index (χ2v) is 7.84. The number of rotatable bonds is 9. The number of carbonyl (C=O) groups excluding carboxylic acids is 3. The molecule has 0 spiro atoms. The zero-order valence-corrected chi connectivity index (χ0v) is 17.5. The summed E-state index contributed by atoms with van der Waals surface area (Å²) in [6.07, 6.45) is 0. The van der Waals surface area contributed by atoms with Crippen LogP contribution in [0, 0.1) is 10.1 Å². The van der Waals surface area contributed by atoms with Crippen molar-refractivity contribution in [3.63, 3.8) is 0 Å². The highest BCUT2D eigenvalue weighted by Crippen LogP contribution is 2.41. The van der Waals surface area contributed by atoms with Gasteiger partial charge in [-0.15, -0.1) is 0 Å². The Kier molecular flexibility index (Phi) is 6.92. The Balaban J connectivity index is 1.57. The standard InChI is InChI=1S/C19H19N3O8S/c1-21(2)9-11-3-4-12(28-11)10-31-8-7-20-17(23)13-5-6-14-15(22(26)27)16(13)30-19(25)18(24)29-14/h3-6H,7-10H2,1-2H3,(H,20,23). The molecule has 1 aromatic carbocycles. The second kappa shape index (κ2) is 9.62. The summed E-state index contributed by atoms with van der Waals surface area (Å²) in [5, 5.41) is 14.0. The minimum Gasteiger partial charge on any atom is -0.464 e. The van der Waals surface area contributed by atoms with Crippen LogP contribution in [0.2, 0.25) is 0 Å². The lowest BCUT2D eigenvalue weighted by atomic mass is 10.1. The predicted molar refractivity (Wildman–Crippen MR) is 109 cm³/mol. The van der Waals surface area contributed by atoms with E-state index in [9.17, 15) is 24.5 Å². The molecular formula is C19H19N3O8S. The van der Waals surface area contributed by atoms with Crippen LogP contribution in [0.3, 0.4) is 0 Å². The number of nitro groups is 1. The maximum atomic E-state index is 12.5. The molecule has 1 aliphatic heterocycles. The smallest absolute Gasteiger partial charge is 0.423 e. The fraction of sp³-hybridized carbons (Fsp3) is 0.316. The number of nitrogens with zero attached hydrogens (tertiary/aromatic N) is 2. The molecule has 2 bridgehead atoms. The molecule has 2 heterocycles. The molecule has 0 radical (unpaired) electrons. The van der Waals surface area contributed by atoms with E-state index in [0.717, 1.165) is 17.6 Å². The Hall–Kier alpha value is -3.38. The van der Waals surface area contributed by atoms with Gasteiger partial charge in [0.05, 0.1) is 22.8 Å². The minimum absolute atomic E-state index is 0.244. The molecular weight excluding hydrogens is 430 g/mol. The maximum Gasteiger partial charge on any atom is 0.423 e. The first-order valence-electron chi connectivity index (χ1n) is 9.10. The highest BCUT2D eigenvalue weighted by molar-refractivity contribution is 7.98. The molecule has 1 aromatic heterocycles. The summed E-state index contributed by atoms with van der Waals surface area (Å²) in [6, 6.07) is 6.09. The van der Waals surface area contributed by atoms with Crippen LogP contribution in [0.4, 0.5) is 5.69 Å². The molecule has 0 unspecified atom stereocenters. The summed E-state index contributed by atoms with van der Waals surface area (Å²) in [4.78, 5) is 48.1. The van der Waals surface area contributed by atoms with Gasteiger partial charge in [-0.3, -0.25) is 14.9 Å². The number of hydrogen-bond donors (Lipinski definition) is 1. The van der Waals surface area contributed by atoms with E-state index in [1.807, 2.05) is 31.1 Å². The maximum absolute atomic E-state index is 12.5. The number of furan rings is 1. The number of hydrogen-bond acceptors (Lipinski definition) is 10. The first-order valence-corrected chi connectivity index (χ1v) is 10.3. The molecule has 12 heteroatoms. The predicted octanol–water partition coefficient (Wildman–Crippen LogP) is 1.74. The first-order chi connectivity index (χ1) is 14.8. The SMILES string of the molecule is CN(C)Cc1ccc(CSCCNC(=O)c2ccc3c([N+](=O)[O-])c2OC(=O)C(=O)O3)o1. The highest BCUT2D eigenvalue weighted by Gasteiger charge is 2.37. The Morgan fingerprint density at radius 2 is 1.84 bits per heavy atom. The molecule has 2 aromatic rings. The Bertz CT molecular complexity index is 1030. The number of esters is 2. The van der Waals surface area contributed by atoms with Crippen LogP contribution in [0.5, 0.6) is 11.5 Å². The van der Waals surface area contributed by atoms with Crippen molar-refractivity contribution >= 4 is 35.3 Å². The van der Waals surface area contributed by atoms with Gasteiger partial charge in [0, 0.05) is 12.3 Å². The van der Waals surface area contributed by atoms with Crippen molar-refractivity contribution in [1.29, 1.82) is 0 Å². The number of ether oxygens (including phenoxy) is 2. The van der Waals surface area contributed by atoms with Crippen molar-refractivity contribution in [2.45, 2.75) is 12.3 Å². The Labute approximate surface area is 180 Å². The van der Waals surface area contributed by atoms with Crippen LogP contribution in [-0.4, -0.2) is 54.1 Å². The third-order valence-electron chi connectivity index (χ3n) is 4.05. The molecule has 1 aliphatic rings. The summed E-state index contributed by atoms with van der Waals surface area (Å²) in [5.41, 5.74) is -1.00. The summed E-state index contributed by atoms with van der Waals surface area (Å²) < 4.78 is 15.1. The Morgan fingerprint density at radius 3 is 2.55 bits per heavy atom. The minimum atomic E-state index is -1.44. The van der Waals surface area contributed by atoms with Crippen LogP contribution in [0.1, 0.15) is 21.9 Å². The molecule has 11 nitrogen and oxygen atoms in total. The molecule has 0 saturated carbocycles. The molecule has 164 valence electrons. The molecule has 0 atom stereocenters. The second-order valence-electron chi connectivity index (χ2n) is 6.74. The van der Waals surface area contributed by atoms with Gasteiger partial charge in [-0.05, 0) is 38.4 Å². The normalized spacial score (nSPS) is 12.9. The van der Waals surface area contributed by atoms with Gasteiger partial charge in [-0.2, -0.15) is 11.8 Å². The zero-order valence-electron chi connectivity index (χ0n) is 16.7. The van der Waals surface area contributed by atoms with Gasteiger partial charge in [-0.1, -0.05) is 0 Å². The number of benzene rings is 1. The van der Waals surface area contributed by atoms with Crippen molar-refractivity contribution < 1.29 is 33.2 Å². The number of nitrogens with one attached hydrogen (secondary N) is 1. The molecule has 1 N–H and O–H groups in total. The van der Waals surface area contributed by atoms with E-state index in [-0.39, 0.29) is 12.1 Å². The fourth-order valence-electron chi connectivity index (χ4n) is 2.77. The van der Waals surface area contributed by atoms with Crippen molar-refractivity contribution in [2.75, 3.05) is 26.4 Å². The first kappa shape index (κ1) is 22.3. The van der Waals surface area contributed by atoms with Crippen molar-refractivity contribution in [3.8, 4) is 11.5 Å². The third kappa shape index (κ3) is 5.41. The highest BCUT2D eigenvalue weighted by atomic mass is 32.2.